The van der Waals surface area contributed by atoms with Crippen LogP contribution in [0.25, 0.3) is 0 Å². The van der Waals surface area contributed by atoms with Crippen molar-refractivity contribution >= 4 is 17.4 Å². The SMILES string of the molecule is N#Cc1ccc(O)c(N2CC(=O)CC2=O)c1. The van der Waals surface area contributed by atoms with Crippen LogP contribution >= 0.6 is 0 Å². The predicted octanol–water partition coefficient (Wildman–Crippen LogP) is 0.570. The first-order valence-corrected chi connectivity index (χ1v) is 4.67. The van der Waals surface area contributed by atoms with Crippen molar-refractivity contribution in [2.24, 2.45) is 0 Å². The van der Waals surface area contributed by atoms with Crippen molar-refractivity contribution < 1.29 is 14.7 Å². The molecule has 1 heterocycles. The van der Waals surface area contributed by atoms with E-state index in [1.54, 1.807) is 0 Å². The van der Waals surface area contributed by atoms with Gasteiger partial charge >= 0.3 is 0 Å². The largest absolute Gasteiger partial charge is 0.506 e. The third-order valence-electron chi connectivity index (χ3n) is 2.38. The average Bonchev–Trinajstić information content (AvgIpc) is 2.58. The number of carbonyl (C=O) groups is 2. The van der Waals surface area contributed by atoms with Crippen LogP contribution in [0.5, 0.6) is 5.75 Å². The second-order valence-corrected chi connectivity index (χ2v) is 3.51. The van der Waals surface area contributed by atoms with Crippen LogP contribution < -0.4 is 4.90 Å². The fourth-order valence-corrected chi connectivity index (χ4v) is 1.61. The van der Waals surface area contributed by atoms with Gasteiger partial charge in [0, 0.05) is 0 Å². The van der Waals surface area contributed by atoms with Crippen LogP contribution in [0.4, 0.5) is 5.69 Å². The highest BCUT2D eigenvalue weighted by atomic mass is 16.3. The molecular weight excluding hydrogens is 208 g/mol. The quantitative estimate of drug-likeness (QED) is 0.696. The van der Waals surface area contributed by atoms with Gasteiger partial charge in [0.25, 0.3) is 0 Å². The van der Waals surface area contributed by atoms with Gasteiger partial charge in [0.05, 0.1) is 30.3 Å². The van der Waals surface area contributed by atoms with Gasteiger partial charge in [-0.3, -0.25) is 9.59 Å². The predicted molar refractivity (Wildman–Crippen MR) is 54.8 cm³/mol. The second-order valence-electron chi connectivity index (χ2n) is 3.51. The molecule has 1 aliphatic rings. The summed E-state index contributed by atoms with van der Waals surface area (Å²) in [5.41, 5.74) is 0.551. The molecule has 80 valence electrons. The highest BCUT2D eigenvalue weighted by Crippen LogP contribution is 2.30. The zero-order chi connectivity index (χ0) is 11.7. The number of nitriles is 1. The molecule has 0 aromatic heterocycles. The Kier molecular flexibility index (Phi) is 2.33. The zero-order valence-corrected chi connectivity index (χ0v) is 8.30. The number of aromatic hydroxyl groups is 1. The smallest absolute Gasteiger partial charge is 0.235 e. The number of carbonyl (C=O) groups excluding carboxylic acids is 2. The lowest BCUT2D eigenvalue weighted by Gasteiger charge is -2.16. The molecule has 1 amide bonds. The van der Waals surface area contributed by atoms with Crippen LogP contribution in [0.3, 0.4) is 0 Å². The molecule has 5 nitrogen and oxygen atoms in total. The van der Waals surface area contributed by atoms with Crippen LogP contribution in [-0.2, 0) is 9.59 Å². The van der Waals surface area contributed by atoms with Gasteiger partial charge in [-0.1, -0.05) is 0 Å². The summed E-state index contributed by atoms with van der Waals surface area (Å²) in [7, 11) is 0. The Bertz CT molecular complexity index is 516. The lowest BCUT2D eigenvalue weighted by atomic mass is 10.2. The fourth-order valence-electron chi connectivity index (χ4n) is 1.61. The molecule has 1 N–H and O–H groups in total. The maximum absolute atomic E-state index is 11.4. The van der Waals surface area contributed by atoms with Crippen molar-refractivity contribution in [3.8, 4) is 11.8 Å². The highest BCUT2D eigenvalue weighted by molar-refractivity contribution is 6.15. The number of ketones is 1. The minimum Gasteiger partial charge on any atom is -0.506 e. The first-order valence-electron chi connectivity index (χ1n) is 4.67. The number of phenols is 1. The van der Waals surface area contributed by atoms with Gasteiger partial charge < -0.3 is 10.0 Å². The van der Waals surface area contributed by atoms with E-state index in [2.05, 4.69) is 0 Å². The number of hydrogen-bond acceptors (Lipinski definition) is 4. The number of anilines is 1. The standard InChI is InChI=1S/C11H8N2O3/c12-5-7-1-2-10(15)9(3-7)13-6-8(14)4-11(13)16/h1-3,15H,4,6H2. The van der Waals surface area contributed by atoms with Crippen molar-refractivity contribution in [1.29, 1.82) is 5.26 Å². The molecule has 1 aromatic rings. The van der Waals surface area contributed by atoms with Crippen molar-refractivity contribution in [2.45, 2.75) is 6.42 Å². The normalized spacial score (nSPS) is 15.3. The summed E-state index contributed by atoms with van der Waals surface area (Å²) in [4.78, 5) is 23.7. The van der Waals surface area contributed by atoms with Crippen LogP contribution in [0.2, 0.25) is 0 Å². The number of nitrogens with zero attached hydrogens (tertiary/aromatic N) is 2. The summed E-state index contributed by atoms with van der Waals surface area (Å²) >= 11 is 0. The molecule has 1 aliphatic heterocycles. The number of Topliss-reactive ketones (excluding diaryl/α,β-unsaturated/α-hetero) is 1. The summed E-state index contributed by atoms with van der Waals surface area (Å²) in [6.07, 6.45) is -0.143. The van der Waals surface area contributed by atoms with Crippen LogP contribution in [0.15, 0.2) is 18.2 Å². The average molecular weight is 216 g/mol. The molecule has 0 radical (unpaired) electrons. The minimum atomic E-state index is -0.351. The van der Waals surface area contributed by atoms with Gasteiger partial charge in [0.15, 0.2) is 5.78 Å². The molecule has 0 unspecified atom stereocenters. The molecule has 2 rings (SSSR count). The van der Waals surface area contributed by atoms with E-state index in [-0.39, 0.29) is 36.1 Å². The van der Waals surface area contributed by atoms with Gasteiger partial charge in [-0.2, -0.15) is 5.26 Å². The summed E-state index contributed by atoms with van der Waals surface area (Å²) < 4.78 is 0. The Morgan fingerprint density at radius 1 is 1.38 bits per heavy atom. The molecule has 1 aromatic carbocycles. The van der Waals surface area contributed by atoms with Gasteiger partial charge in [-0.15, -0.1) is 0 Å². The highest BCUT2D eigenvalue weighted by Gasteiger charge is 2.30. The van der Waals surface area contributed by atoms with Crippen molar-refractivity contribution in [3.63, 3.8) is 0 Å². The Balaban J connectivity index is 2.44. The summed E-state index contributed by atoms with van der Waals surface area (Å²) in [6.45, 7) is -0.0404. The fraction of sp³-hybridized carbons (Fsp3) is 0.182. The van der Waals surface area contributed by atoms with Crippen LogP contribution in [0, 0.1) is 11.3 Å². The van der Waals surface area contributed by atoms with E-state index < -0.39 is 0 Å². The van der Waals surface area contributed by atoms with Crippen molar-refractivity contribution in [1.82, 2.24) is 0 Å². The summed E-state index contributed by atoms with van der Waals surface area (Å²) in [5.74, 6) is -0.649. The lowest BCUT2D eigenvalue weighted by Crippen LogP contribution is -2.24. The third kappa shape index (κ3) is 1.61. The Hall–Kier alpha value is -2.35. The molecule has 0 atom stereocenters. The first-order chi connectivity index (χ1) is 7.61. The molecule has 0 saturated carbocycles. The van der Waals surface area contributed by atoms with Gasteiger partial charge in [-0.05, 0) is 18.2 Å². The van der Waals surface area contributed by atoms with Crippen molar-refractivity contribution in [3.05, 3.63) is 23.8 Å². The van der Waals surface area contributed by atoms with E-state index >= 15 is 0 Å². The second kappa shape index (κ2) is 3.66. The number of phenolic OH excluding ortho intramolecular Hbond substituents is 1. The number of benzene rings is 1. The Morgan fingerprint density at radius 2 is 2.12 bits per heavy atom. The molecule has 0 aliphatic carbocycles. The zero-order valence-electron chi connectivity index (χ0n) is 8.30. The van der Waals surface area contributed by atoms with Crippen LogP contribution in [0.1, 0.15) is 12.0 Å². The third-order valence-corrected chi connectivity index (χ3v) is 2.38. The van der Waals surface area contributed by atoms with E-state index in [1.165, 1.54) is 23.1 Å². The number of rotatable bonds is 1. The molecule has 1 fully saturated rings. The summed E-state index contributed by atoms with van der Waals surface area (Å²) in [5, 5.41) is 18.3. The molecule has 1 saturated heterocycles. The van der Waals surface area contributed by atoms with Crippen molar-refractivity contribution in [2.75, 3.05) is 11.4 Å². The topological polar surface area (TPSA) is 81.4 Å². The Morgan fingerprint density at radius 3 is 2.69 bits per heavy atom. The van der Waals surface area contributed by atoms with Gasteiger partial charge in [0.2, 0.25) is 5.91 Å². The van der Waals surface area contributed by atoms with E-state index in [0.29, 0.717) is 5.56 Å². The monoisotopic (exact) mass is 216 g/mol. The first kappa shape index (κ1) is 10.2. The van der Waals surface area contributed by atoms with E-state index in [0.717, 1.165) is 0 Å². The molecule has 0 spiro atoms. The van der Waals surface area contributed by atoms with Gasteiger partial charge in [-0.25, -0.2) is 0 Å². The van der Waals surface area contributed by atoms with Crippen LogP contribution in [-0.4, -0.2) is 23.3 Å². The summed E-state index contributed by atoms with van der Waals surface area (Å²) in [6, 6.07) is 6.09. The maximum Gasteiger partial charge on any atom is 0.235 e. The molecule has 0 bridgehead atoms. The Labute approximate surface area is 91.5 Å². The minimum absolute atomic E-state index is 0.0404. The number of amides is 1. The van der Waals surface area contributed by atoms with E-state index in [1.807, 2.05) is 6.07 Å². The van der Waals surface area contributed by atoms with Gasteiger partial charge in [0.1, 0.15) is 5.75 Å². The molecule has 5 heteroatoms. The van der Waals surface area contributed by atoms with E-state index in [9.17, 15) is 14.7 Å². The lowest BCUT2D eigenvalue weighted by molar-refractivity contribution is -0.121. The molecule has 16 heavy (non-hydrogen) atoms. The molecular formula is C11H8N2O3. The maximum atomic E-state index is 11.4. The number of hydrogen-bond donors (Lipinski definition) is 1. The van der Waals surface area contributed by atoms with E-state index in [4.69, 9.17) is 5.26 Å².